The highest BCUT2D eigenvalue weighted by molar-refractivity contribution is 5.85. The molecule has 2 rings (SSSR count). The molecule has 3 heteroatoms. The molecule has 0 spiro atoms. The third kappa shape index (κ3) is 2.84. The van der Waals surface area contributed by atoms with E-state index in [1.165, 1.54) is 0 Å². The number of aliphatic imine (C=N–C) groups is 1. The van der Waals surface area contributed by atoms with Crippen molar-refractivity contribution in [1.29, 1.82) is 0 Å². The second-order valence-corrected chi connectivity index (χ2v) is 3.52. The Labute approximate surface area is 100 Å². The van der Waals surface area contributed by atoms with Crippen molar-refractivity contribution < 1.29 is 9.84 Å². The second-order valence-electron chi connectivity index (χ2n) is 3.52. The van der Waals surface area contributed by atoms with Crippen molar-refractivity contribution in [1.82, 2.24) is 0 Å². The summed E-state index contributed by atoms with van der Waals surface area (Å²) in [5.41, 5.74) is 1.71. The van der Waals surface area contributed by atoms with Crippen LogP contribution in [0.2, 0.25) is 0 Å². The fourth-order valence-electron chi connectivity index (χ4n) is 1.46. The summed E-state index contributed by atoms with van der Waals surface area (Å²) in [5, 5.41) is 9.15. The fourth-order valence-corrected chi connectivity index (χ4v) is 1.46. The molecule has 0 heterocycles. The Morgan fingerprint density at radius 2 is 1.76 bits per heavy atom. The first-order valence-electron chi connectivity index (χ1n) is 5.26. The molecule has 17 heavy (non-hydrogen) atoms. The van der Waals surface area contributed by atoms with Crippen molar-refractivity contribution >= 4 is 11.9 Å². The van der Waals surface area contributed by atoms with Gasteiger partial charge in [-0.2, -0.15) is 0 Å². The van der Waals surface area contributed by atoms with E-state index >= 15 is 0 Å². The minimum absolute atomic E-state index is 0.237. The molecule has 0 aliphatic rings. The van der Waals surface area contributed by atoms with Gasteiger partial charge in [0.2, 0.25) is 0 Å². The standard InChI is InChI=1S/C14H13NO2/c1-17-14-5-3-2-4-11(14)10-15-12-6-8-13(16)9-7-12/h2-10,16H,1H3. The highest BCUT2D eigenvalue weighted by Crippen LogP contribution is 2.19. The number of benzene rings is 2. The Kier molecular flexibility index (Phi) is 3.40. The first kappa shape index (κ1) is 11.2. The number of ether oxygens (including phenoxy) is 1. The third-order valence-corrected chi connectivity index (χ3v) is 2.34. The molecule has 2 aromatic carbocycles. The average Bonchev–Trinajstić information content (AvgIpc) is 2.38. The molecule has 0 aliphatic carbocycles. The Balaban J connectivity index is 2.22. The van der Waals surface area contributed by atoms with Crippen LogP contribution in [0.25, 0.3) is 0 Å². The van der Waals surface area contributed by atoms with Gasteiger partial charge in [0.1, 0.15) is 11.5 Å². The van der Waals surface area contributed by atoms with Gasteiger partial charge in [-0.25, -0.2) is 0 Å². The Hall–Kier alpha value is -2.29. The molecule has 0 atom stereocenters. The first-order valence-corrected chi connectivity index (χ1v) is 5.26. The summed E-state index contributed by atoms with van der Waals surface area (Å²) < 4.78 is 5.22. The van der Waals surface area contributed by atoms with Crippen LogP contribution in [0.5, 0.6) is 11.5 Å². The summed E-state index contributed by atoms with van der Waals surface area (Å²) in [6.07, 6.45) is 1.74. The molecular weight excluding hydrogens is 214 g/mol. The van der Waals surface area contributed by atoms with Gasteiger partial charge in [0.25, 0.3) is 0 Å². The van der Waals surface area contributed by atoms with E-state index in [-0.39, 0.29) is 5.75 Å². The zero-order chi connectivity index (χ0) is 12.1. The lowest BCUT2D eigenvalue weighted by atomic mass is 10.2. The number of nitrogens with zero attached hydrogens (tertiary/aromatic N) is 1. The average molecular weight is 227 g/mol. The van der Waals surface area contributed by atoms with Crippen LogP contribution in [0, 0.1) is 0 Å². The highest BCUT2D eigenvalue weighted by atomic mass is 16.5. The van der Waals surface area contributed by atoms with Crippen LogP contribution in [0.4, 0.5) is 5.69 Å². The number of para-hydroxylation sites is 1. The SMILES string of the molecule is COc1ccccc1C=Nc1ccc(O)cc1. The normalized spacial score (nSPS) is 10.6. The lowest BCUT2D eigenvalue weighted by Crippen LogP contribution is -1.89. The first-order chi connectivity index (χ1) is 8.29. The zero-order valence-electron chi connectivity index (χ0n) is 9.50. The summed E-state index contributed by atoms with van der Waals surface area (Å²) >= 11 is 0. The minimum atomic E-state index is 0.237. The van der Waals surface area contributed by atoms with Gasteiger partial charge in [-0.05, 0) is 36.4 Å². The molecule has 86 valence electrons. The third-order valence-electron chi connectivity index (χ3n) is 2.34. The topological polar surface area (TPSA) is 41.8 Å². The molecule has 2 aromatic rings. The summed E-state index contributed by atoms with van der Waals surface area (Å²) in [4.78, 5) is 4.31. The molecule has 0 saturated carbocycles. The van der Waals surface area contributed by atoms with Gasteiger partial charge in [-0.3, -0.25) is 4.99 Å². The maximum Gasteiger partial charge on any atom is 0.127 e. The van der Waals surface area contributed by atoms with Crippen LogP contribution in [0.1, 0.15) is 5.56 Å². The maximum atomic E-state index is 9.15. The van der Waals surface area contributed by atoms with Gasteiger partial charge in [-0.1, -0.05) is 12.1 Å². The van der Waals surface area contributed by atoms with E-state index in [1.807, 2.05) is 24.3 Å². The van der Waals surface area contributed by atoms with Crippen molar-refractivity contribution in [2.24, 2.45) is 4.99 Å². The Morgan fingerprint density at radius 1 is 1.06 bits per heavy atom. The zero-order valence-corrected chi connectivity index (χ0v) is 9.50. The predicted octanol–water partition coefficient (Wildman–Crippen LogP) is 3.15. The highest BCUT2D eigenvalue weighted by Gasteiger charge is 1.97. The summed E-state index contributed by atoms with van der Waals surface area (Å²) in [6.45, 7) is 0. The molecule has 0 bridgehead atoms. The van der Waals surface area contributed by atoms with Gasteiger partial charge >= 0.3 is 0 Å². The number of aromatic hydroxyl groups is 1. The van der Waals surface area contributed by atoms with Crippen LogP contribution in [0.3, 0.4) is 0 Å². The molecule has 3 nitrogen and oxygen atoms in total. The van der Waals surface area contributed by atoms with Crippen LogP contribution < -0.4 is 4.74 Å². The molecular formula is C14H13NO2. The lowest BCUT2D eigenvalue weighted by molar-refractivity contribution is 0.414. The van der Waals surface area contributed by atoms with E-state index in [9.17, 15) is 0 Å². The van der Waals surface area contributed by atoms with Crippen LogP contribution in [0.15, 0.2) is 53.5 Å². The quantitative estimate of drug-likeness (QED) is 0.818. The molecule has 0 amide bonds. The Morgan fingerprint density at radius 3 is 2.47 bits per heavy atom. The molecule has 0 unspecified atom stereocenters. The second kappa shape index (κ2) is 5.16. The minimum Gasteiger partial charge on any atom is -0.508 e. The molecule has 0 radical (unpaired) electrons. The monoisotopic (exact) mass is 227 g/mol. The molecule has 0 fully saturated rings. The van der Waals surface area contributed by atoms with Crippen LogP contribution >= 0.6 is 0 Å². The van der Waals surface area contributed by atoms with E-state index in [0.717, 1.165) is 17.0 Å². The molecule has 0 aromatic heterocycles. The lowest BCUT2D eigenvalue weighted by Gasteiger charge is -2.02. The van der Waals surface area contributed by atoms with Crippen molar-refractivity contribution in [3.8, 4) is 11.5 Å². The predicted molar refractivity (Wildman–Crippen MR) is 68.4 cm³/mol. The summed E-state index contributed by atoms with van der Waals surface area (Å²) in [5.74, 6) is 1.02. The summed E-state index contributed by atoms with van der Waals surface area (Å²) in [6, 6.07) is 14.4. The fraction of sp³-hybridized carbons (Fsp3) is 0.0714. The van der Waals surface area contributed by atoms with E-state index in [2.05, 4.69) is 4.99 Å². The van der Waals surface area contributed by atoms with E-state index < -0.39 is 0 Å². The van der Waals surface area contributed by atoms with Gasteiger partial charge in [-0.15, -0.1) is 0 Å². The largest absolute Gasteiger partial charge is 0.508 e. The number of rotatable bonds is 3. The van der Waals surface area contributed by atoms with Gasteiger partial charge < -0.3 is 9.84 Å². The molecule has 0 saturated heterocycles. The van der Waals surface area contributed by atoms with Gasteiger partial charge in [0.15, 0.2) is 0 Å². The van der Waals surface area contributed by atoms with E-state index in [1.54, 1.807) is 37.6 Å². The van der Waals surface area contributed by atoms with E-state index in [0.29, 0.717) is 0 Å². The van der Waals surface area contributed by atoms with E-state index in [4.69, 9.17) is 9.84 Å². The van der Waals surface area contributed by atoms with Gasteiger partial charge in [0.05, 0.1) is 12.8 Å². The van der Waals surface area contributed by atoms with Crippen molar-refractivity contribution in [2.75, 3.05) is 7.11 Å². The molecule has 1 N–H and O–H groups in total. The van der Waals surface area contributed by atoms with Gasteiger partial charge in [0, 0.05) is 11.8 Å². The summed E-state index contributed by atoms with van der Waals surface area (Å²) in [7, 11) is 1.63. The molecule has 0 aliphatic heterocycles. The van der Waals surface area contributed by atoms with Crippen molar-refractivity contribution in [2.45, 2.75) is 0 Å². The van der Waals surface area contributed by atoms with Crippen molar-refractivity contribution in [3.63, 3.8) is 0 Å². The Bertz CT molecular complexity index is 518. The number of hydrogen-bond donors (Lipinski definition) is 1. The van der Waals surface area contributed by atoms with Crippen molar-refractivity contribution in [3.05, 3.63) is 54.1 Å². The number of hydrogen-bond acceptors (Lipinski definition) is 3. The number of phenols is 1. The smallest absolute Gasteiger partial charge is 0.127 e. The number of phenolic OH excluding ortho intramolecular Hbond substituents is 1. The number of methoxy groups -OCH3 is 1. The van der Waals surface area contributed by atoms with Crippen LogP contribution in [-0.2, 0) is 0 Å². The van der Waals surface area contributed by atoms with Crippen LogP contribution in [-0.4, -0.2) is 18.4 Å². The maximum absolute atomic E-state index is 9.15.